The Hall–Kier alpha value is -1.94. The van der Waals surface area contributed by atoms with Crippen LogP contribution in [0.25, 0.3) is 40.4 Å². The fourth-order valence-corrected chi connectivity index (χ4v) is 6.91. The summed E-state index contributed by atoms with van der Waals surface area (Å²) in [5.74, 6) is 0. The molecule has 2 aromatic carbocycles. The average molecular weight is 349 g/mol. The molecule has 3 heterocycles. The van der Waals surface area contributed by atoms with Crippen LogP contribution in [0, 0.1) is 0 Å². The van der Waals surface area contributed by atoms with Crippen LogP contribution >= 0.6 is 34.0 Å². The van der Waals surface area contributed by atoms with E-state index < -0.39 is 0 Å². The Kier molecular flexibility index (Phi) is 3.11. The molecule has 0 radical (unpaired) electrons. The Bertz CT molecular complexity index is 1100. The van der Waals surface area contributed by atoms with Gasteiger partial charge in [-0.25, -0.2) is 0 Å². The van der Waals surface area contributed by atoms with Gasteiger partial charge in [0.2, 0.25) is 0 Å². The molecule has 3 heteroatoms. The smallest absolute Gasteiger partial charge is 0.0886 e. The van der Waals surface area contributed by atoms with Crippen molar-refractivity contribution in [3.05, 3.63) is 72.1 Å². The van der Waals surface area contributed by atoms with Gasteiger partial charge in [-0.1, -0.05) is 60.7 Å². The van der Waals surface area contributed by atoms with Crippen LogP contribution in [-0.2, 0) is 0 Å². The lowest BCUT2D eigenvalue weighted by atomic mass is 10.0. The minimum absolute atomic E-state index is 1.31. The monoisotopic (exact) mass is 348 g/mol. The number of thiophene rings is 3. The van der Waals surface area contributed by atoms with Crippen LogP contribution in [0.1, 0.15) is 0 Å². The Morgan fingerprint density at radius 3 is 2.04 bits per heavy atom. The lowest BCUT2D eigenvalue weighted by molar-refractivity contribution is 1.67. The second-order valence-electron chi connectivity index (χ2n) is 5.42. The molecule has 0 spiro atoms. The molecule has 0 aliphatic heterocycles. The van der Waals surface area contributed by atoms with E-state index in [0.29, 0.717) is 0 Å². The van der Waals surface area contributed by atoms with E-state index in [1.54, 1.807) is 0 Å². The Balaban J connectivity index is 1.91. The maximum Gasteiger partial charge on any atom is 0.0886 e. The van der Waals surface area contributed by atoms with Crippen molar-refractivity contribution >= 4 is 52.8 Å². The average Bonchev–Trinajstić information content (AvgIpc) is 3.27. The van der Waals surface area contributed by atoms with Gasteiger partial charge in [-0.15, -0.1) is 34.0 Å². The predicted octanol–water partition coefficient (Wildman–Crippen LogP) is 7.51. The largest absolute Gasteiger partial charge is 0.133 e. The predicted molar refractivity (Wildman–Crippen MR) is 106 cm³/mol. The molecule has 110 valence electrons. The molecule has 0 aliphatic carbocycles. The van der Waals surface area contributed by atoms with Crippen LogP contribution in [0.4, 0.5) is 0 Å². The highest BCUT2D eigenvalue weighted by atomic mass is 32.2. The molecule has 5 aromatic rings. The first-order valence-corrected chi connectivity index (χ1v) is 9.96. The van der Waals surface area contributed by atoms with Gasteiger partial charge in [0, 0.05) is 15.8 Å². The van der Waals surface area contributed by atoms with Crippen molar-refractivity contribution in [2.75, 3.05) is 0 Å². The molecule has 0 aliphatic rings. The van der Waals surface area contributed by atoms with E-state index in [1.165, 1.54) is 40.4 Å². The second-order valence-corrected chi connectivity index (χ2v) is 8.64. The molecule has 3 aromatic heterocycles. The highest BCUT2D eigenvalue weighted by Crippen LogP contribution is 2.51. The summed E-state index contributed by atoms with van der Waals surface area (Å²) in [6.45, 7) is 0. The number of hydrogen-bond donors (Lipinski definition) is 0. The molecule has 0 N–H and O–H groups in total. The number of hydrogen-bond acceptors (Lipinski definition) is 3. The highest BCUT2D eigenvalue weighted by Gasteiger charge is 2.19. The van der Waals surface area contributed by atoms with Crippen LogP contribution in [0.15, 0.2) is 72.1 Å². The molecule has 0 nitrogen and oxygen atoms in total. The topological polar surface area (TPSA) is 0 Å². The van der Waals surface area contributed by atoms with E-state index >= 15 is 0 Å². The summed E-state index contributed by atoms with van der Waals surface area (Å²) in [4.78, 5) is 1.38. The maximum atomic E-state index is 2.26. The van der Waals surface area contributed by atoms with Crippen molar-refractivity contribution in [1.82, 2.24) is 0 Å². The van der Waals surface area contributed by atoms with Gasteiger partial charge in [0.15, 0.2) is 0 Å². The van der Waals surface area contributed by atoms with E-state index in [0.717, 1.165) is 0 Å². The van der Waals surface area contributed by atoms with Crippen LogP contribution in [0.5, 0.6) is 0 Å². The fraction of sp³-hybridized carbons (Fsp3) is 0. The van der Waals surface area contributed by atoms with Gasteiger partial charge in [0.1, 0.15) is 0 Å². The Morgan fingerprint density at radius 1 is 0.609 bits per heavy atom. The third kappa shape index (κ3) is 2.08. The van der Waals surface area contributed by atoms with Gasteiger partial charge >= 0.3 is 0 Å². The first-order chi connectivity index (χ1) is 11.4. The summed E-state index contributed by atoms with van der Waals surface area (Å²) < 4.78 is 4.30. The van der Waals surface area contributed by atoms with Gasteiger partial charge in [-0.2, -0.15) is 0 Å². The Morgan fingerprint density at radius 2 is 1.30 bits per heavy atom. The van der Waals surface area contributed by atoms with Crippen molar-refractivity contribution < 1.29 is 0 Å². The first kappa shape index (κ1) is 13.5. The van der Waals surface area contributed by atoms with Crippen LogP contribution < -0.4 is 0 Å². The zero-order valence-electron chi connectivity index (χ0n) is 12.2. The van der Waals surface area contributed by atoms with E-state index in [2.05, 4.69) is 72.1 Å². The summed E-state index contributed by atoms with van der Waals surface area (Å²) >= 11 is 5.71. The molecule has 0 unspecified atom stereocenters. The van der Waals surface area contributed by atoms with Crippen molar-refractivity contribution in [1.29, 1.82) is 0 Å². The zero-order valence-corrected chi connectivity index (χ0v) is 14.6. The summed E-state index contributed by atoms with van der Waals surface area (Å²) in [6, 6.07) is 23.8. The van der Waals surface area contributed by atoms with E-state index in [4.69, 9.17) is 0 Å². The molecule has 0 amide bonds. The standard InChI is InChI=1S/C20H12S3/c1-3-7-13(8-4-1)16-17(14-9-5-2-6-10-14)22-18-15-11-12-21-20(15)23-19(16)18/h1-12H. The minimum Gasteiger partial charge on any atom is -0.133 e. The molecule has 5 rings (SSSR count). The minimum atomic E-state index is 1.31. The van der Waals surface area contributed by atoms with Crippen molar-refractivity contribution in [2.24, 2.45) is 0 Å². The Labute approximate surface area is 146 Å². The van der Waals surface area contributed by atoms with E-state index in [-0.39, 0.29) is 0 Å². The number of fused-ring (bicyclic) bond motifs is 3. The van der Waals surface area contributed by atoms with Crippen molar-refractivity contribution in [3.8, 4) is 21.6 Å². The van der Waals surface area contributed by atoms with Crippen LogP contribution in [0.2, 0.25) is 0 Å². The lowest BCUT2D eigenvalue weighted by Gasteiger charge is -2.04. The van der Waals surface area contributed by atoms with Gasteiger partial charge in [-0.05, 0) is 22.6 Å². The summed E-state index contributed by atoms with van der Waals surface area (Å²) in [6.07, 6.45) is 0. The summed E-state index contributed by atoms with van der Waals surface area (Å²) in [7, 11) is 0. The molecule has 0 bridgehead atoms. The first-order valence-electron chi connectivity index (χ1n) is 7.45. The van der Waals surface area contributed by atoms with Gasteiger partial charge in [0.05, 0.1) is 13.4 Å². The quantitative estimate of drug-likeness (QED) is 0.309. The third-order valence-electron chi connectivity index (χ3n) is 4.03. The van der Waals surface area contributed by atoms with Crippen LogP contribution in [-0.4, -0.2) is 0 Å². The number of rotatable bonds is 2. The molecule has 23 heavy (non-hydrogen) atoms. The van der Waals surface area contributed by atoms with Crippen molar-refractivity contribution in [2.45, 2.75) is 0 Å². The number of benzene rings is 2. The second kappa shape index (κ2) is 5.31. The highest BCUT2D eigenvalue weighted by molar-refractivity contribution is 7.44. The molecular formula is C20H12S3. The van der Waals surface area contributed by atoms with E-state index in [1.807, 2.05) is 34.0 Å². The molecule has 0 saturated heterocycles. The fourth-order valence-electron chi connectivity index (χ4n) is 2.99. The summed E-state index contributed by atoms with van der Waals surface area (Å²) in [5.41, 5.74) is 4.01. The van der Waals surface area contributed by atoms with Gasteiger partial charge < -0.3 is 0 Å². The zero-order chi connectivity index (χ0) is 15.2. The van der Waals surface area contributed by atoms with Crippen LogP contribution in [0.3, 0.4) is 0 Å². The molecular weight excluding hydrogens is 336 g/mol. The van der Waals surface area contributed by atoms with Gasteiger partial charge in [-0.3, -0.25) is 0 Å². The van der Waals surface area contributed by atoms with Gasteiger partial charge in [0.25, 0.3) is 0 Å². The maximum absolute atomic E-state index is 2.26. The van der Waals surface area contributed by atoms with Crippen molar-refractivity contribution in [3.63, 3.8) is 0 Å². The summed E-state index contributed by atoms with van der Waals surface area (Å²) in [5, 5.41) is 3.62. The normalized spacial score (nSPS) is 11.5. The third-order valence-corrected chi connectivity index (χ3v) is 7.70. The van der Waals surface area contributed by atoms with E-state index in [9.17, 15) is 0 Å². The SMILES string of the molecule is c1ccc(-c2sc3c(sc4sccc43)c2-c2ccccc2)cc1. The lowest BCUT2D eigenvalue weighted by Crippen LogP contribution is -1.78. The molecule has 0 atom stereocenters. The molecule has 0 saturated carbocycles. The molecule has 0 fully saturated rings.